The Labute approximate surface area is 162 Å². The van der Waals surface area contributed by atoms with E-state index in [-0.39, 0.29) is 17.6 Å². The third-order valence-electron chi connectivity index (χ3n) is 4.68. The van der Waals surface area contributed by atoms with Crippen molar-refractivity contribution in [2.75, 3.05) is 5.75 Å². The number of carbonyl (C=O) groups excluding carboxylic acids is 1. The minimum absolute atomic E-state index is 0.0361. The van der Waals surface area contributed by atoms with E-state index in [1.807, 2.05) is 19.9 Å². The molecule has 1 atom stereocenters. The fourth-order valence-electron chi connectivity index (χ4n) is 2.55. The maximum atomic E-state index is 12.3. The number of thiophene rings is 1. The molecule has 1 fully saturated rings. The molecule has 1 unspecified atom stereocenters. The monoisotopic (exact) mass is 389 g/mol. The molecular weight excluding hydrogens is 366 g/mol. The Balaban J connectivity index is 1.66. The van der Waals surface area contributed by atoms with Gasteiger partial charge in [-0.25, -0.2) is 0 Å². The molecule has 138 valence electrons. The molecule has 0 aliphatic heterocycles. The minimum atomic E-state index is -0.855. The van der Waals surface area contributed by atoms with E-state index in [1.54, 1.807) is 18.3 Å². The molecule has 2 heterocycles. The van der Waals surface area contributed by atoms with Gasteiger partial charge in [0.1, 0.15) is 11.4 Å². The summed E-state index contributed by atoms with van der Waals surface area (Å²) >= 11 is 3.11. The Morgan fingerprint density at radius 3 is 2.88 bits per heavy atom. The van der Waals surface area contributed by atoms with Crippen LogP contribution >= 0.6 is 23.1 Å². The first-order valence-electron chi connectivity index (χ1n) is 8.74. The zero-order valence-electron chi connectivity index (χ0n) is 15.2. The number of carbonyl (C=O) groups is 1. The van der Waals surface area contributed by atoms with Gasteiger partial charge < -0.3 is 9.88 Å². The molecule has 26 heavy (non-hydrogen) atoms. The largest absolute Gasteiger partial charge is 0.337 e. The molecule has 8 heteroatoms. The number of rotatable bonds is 8. The van der Waals surface area contributed by atoms with Crippen LogP contribution in [0, 0.1) is 17.2 Å². The van der Waals surface area contributed by atoms with Gasteiger partial charge in [-0.2, -0.15) is 5.26 Å². The Bertz CT molecular complexity index is 804. The molecule has 1 amide bonds. The van der Waals surface area contributed by atoms with Crippen LogP contribution < -0.4 is 5.32 Å². The number of hydrogen-bond donors (Lipinski definition) is 1. The summed E-state index contributed by atoms with van der Waals surface area (Å²) in [5, 5.41) is 23.7. The number of thioether (sulfide) groups is 1. The van der Waals surface area contributed by atoms with Crippen LogP contribution in [0.2, 0.25) is 0 Å². The molecule has 3 rings (SSSR count). The molecule has 6 nitrogen and oxygen atoms in total. The van der Waals surface area contributed by atoms with Crippen LogP contribution in [-0.4, -0.2) is 32.0 Å². The van der Waals surface area contributed by atoms with Gasteiger partial charge in [0.15, 0.2) is 5.16 Å². The highest BCUT2D eigenvalue weighted by Gasteiger charge is 2.32. The van der Waals surface area contributed by atoms with E-state index >= 15 is 0 Å². The molecule has 2 aromatic rings. The summed E-state index contributed by atoms with van der Waals surface area (Å²) < 4.78 is 2.18. The van der Waals surface area contributed by atoms with Crippen molar-refractivity contribution >= 4 is 29.0 Å². The molecule has 0 radical (unpaired) electrons. The number of hydrogen-bond acceptors (Lipinski definition) is 6. The summed E-state index contributed by atoms with van der Waals surface area (Å²) in [5.74, 6) is 1.07. The second-order valence-electron chi connectivity index (χ2n) is 7.06. The topological polar surface area (TPSA) is 83.6 Å². The van der Waals surface area contributed by atoms with Crippen LogP contribution in [0.1, 0.15) is 50.4 Å². The van der Waals surface area contributed by atoms with Gasteiger partial charge in [0.25, 0.3) is 0 Å². The van der Waals surface area contributed by atoms with E-state index in [0.717, 1.165) is 30.2 Å². The van der Waals surface area contributed by atoms with Crippen LogP contribution in [0.15, 0.2) is 22.7 Å². The maximum absolute atomic E-state index is 12.3. The molecule has 0 spiro atoms. The van der Waals surface area contributed by atoms with Crippen molar-refractivity contribution in [2.45, 2.75) is 56.8 Å². The third kappa shape index (κ3) is 4.27. The van der Waals surface area contributed by atoms with E-state index in [0.29, 0.717) is 6.04 Å². The smallest absolute Gasteiger partial charge is 0.231 e. The van der Waals surface area contributed by atoms with Gasteiger partial charge in [0, 0.05) is 17.3 Å². The summed E-state index contributed by atoms with van der Waals surface area (Å²) in [6, 6.07) is 6.79. The maximum Gasteiger partial charge on any atom is 0.231 e. The third-order valence-corrected chi connectivity index (χ3v) is 6.50. The van der Waals surface area contributed by atoms with Gasteiger partial charge in [-0.1, -0.05) is 31.7 Å². The molecule has 0 aromatic carbocycles. The van der Waals surface area contributed by atoms with Crippen LogP contribution in [0.25, 0.3) is 0 Å². The SMILES string of the molecule is CC(C)C(C)(C#N)NC(=O)CSc1nnc(Cc2cccs2)n1C1CC1. The molecule has 0 bridgehead atoms. The van der Waals surface area contributed by atoms with E-state index < -0.39 is 5.54 Å². The van der Waals surface area contributed by atoms with Gasteiger partial charge in [-0.15, -0.1) is 21.5 Å². The van der Waals surface area contributed by atoms with E-state index in [9.17, 15) is 10.1 Å². The summed E-state index contributed by atoms with van der Waals surface area (Å²) in [6.07, 6.45) is 3.04. The summed E-state index contributed by atoms with van der Waals surface area (Å²) in [7, 11) is 0. The van der Waals surface area contributed by atoms with E-state index in [1.165, 1.54) is 16.6 Å². The van der Waals surface area contributed by atoms with Crippen molar-refractivity contribution in [1.29, 1.82) is 5.26 Å². The van der Waals surface area contributed by atoms with Crippen molar-refractivity contribution in [3.8, 4) is 6.07 Å². The number of nitrogens with zero attached hydrogens (tertiary/aromatic N) is 4. The normalized spacial score (nSPS) is 16.3. The Morgan fingerprint density at radius 2 is 2.31 bits per heavy atom. The molecule has 0 saturated heterocycles. The highest BCUT2D eigenvalue weighted by molar-refractivity contribution is 7.99. The second kappa shape index (κ2) is 7.80. The summed E-state index contributed by atoms with van der Waals surface area (Å²) in [5.41, 5.74) is -0.855. The second-order valence-corrected chi connectivity index (χ2v) is 9.04. The molecule has 1 saturated carbocycles. The van der Waals surface area contributed by atoms with Crippen molar-refractivity contribution < 1.29 is 4.79 Å². The number of amides is 1. The molecule has 1 aliphatic carbocycles. The Morgan fingerprint density at radius 1 is 1.54 bits per heavy atom. The fraction of sp³-hybridized carbons (Fsp3) is 0.556. The molecule has 1 aliphatic rings. The van der Waals surface area contributed by atoms with Gasteiger partial charge >= 0.3 is 0 Å². The first-order valence-corrected chi connectivity index (χ1v) is 10.6. The Hall–Kier alpha value is -1.85. The van der Waals surface area contributed by atoms with Gasteiger partial charge in [0.2, 0.25) is 5.91 Å². The predicted octanol–water partition coefficient (Wildman–Crippen LogP) is 3.41. The van der Waals surface area contributed by atoms with Crippen molar-refractivity contribution in [2.24, 2.45) is 5.92 Å². The fourth-order valence-corrected chi connectivity index (χ4v) is 4.08. The van der Waals surface area contributed by atoms with Gasteiger partial charge in [-0.05, 0) is 37.1 Å². The average molecular weight is 390 g/mol. The highest BCUT2D eigenvalue weighted by atomic mass is 32.2. The zero-order chi connectivity index (χ0) is 18.7. The number of nitrogens with one attached hydrogen (secondary N) is 1. The molecule has 1 N–H and O–H groups in total. The lowest BCUT2D eigenvalue weighted by Crippen LogP contribution is -2.49. The van der Waals surface area contributed by atoms with Crippen LogP contribution in [0.3, 0.4) is 0 Å². The van der Waals surface area contributed by atoms with E-state index in [2.05, 4.69) is 37.6 Å². The lowest BCUT2D eigenvalue weighted by Gasteiger charge is -2.27. The summed E-state index contributed by atoms with van der Waals surface area (Å²) in [4.78, 5) is 13.6. The Kier molecular flexibility index (Phi) is 5.68. The molecule has 2 aromatic heterocycles. The van der Waals surface area contributed by atoms with Crippen LogP contribution in [0.4, 0.5) is 0 Å². The first kappa shape index (κ1) is 18.9. The quantitative estimate of drug-likeness (QED) is 0.700. The molecular formula is C18H23N5OS2. The highest BCUT2D eigenvalue weighted by Crippen LogP contribution is 2.39. The van der Waals surface area contributed by atoms with Crippen LogP contribution in [0.5, 0.6) is 0 Å². The predicted molar refractivity (Wildman–Crippen MR) is 103 cm³/mol. The number of aromatic nitrogens is 3. The van der Waals surface area contributed by atoms with Crippen LogP contribution in [-0.2, 0) is 11.2 Å². The average Bonchev–Trinajstić information content (AvgIpc) is 3.16. The van der Waals surface area contributed by atoms with Gasteiger partial charge in [-0.3, -0.25) is 4.79 Å². The lowest BCUT2D eigenvalue weighted by atomic mass is 9.90. The zero-order valence-corrected chi connectivity index (χ0v) is 16.9. The minimum Gasteiger partial charge on any atom is -0.337 e. The first-order chi connectivity index (χ1) is 12.4. The lowest BCUT2D eigenvalue weighted by molar-refractivity contribution is -0.120. The van der Waals surface area contributed by atoms with E-state index in [4.69, 9.17) is 0 Å². The van der Waals surface area contributed by atoms with Crippen molar-refractivity contribution in [3.05, 3.63) is 28.2 Å². The van der Waals surface area contributed by atoms with Crippen molar-refractivity contribution in [3.63, 3.8) is 0 Å². The summed E-state index contributed by atoms with van der Waals surface area (Å²) in [6.45, 7) is 5.61. The van der Waals surface area contributed by atoms with Crippen molar-refractivity contribution in [1.82, 2.24) is 20.1 Å². The standard InChI is InChI=1S/C18H23N5OS2/c1-12(2)18(3,11-19)20-16(24)10-26-17-22-21-15(23(17)13-6-7-13)9-14-5-4-8-25-14/h4-5,8,12-13H,6-7,9-10H2,1-3H3,(H,20,24). The number of nitriles is 1. The van der Waals surface area contributed by atoms with Gasteiger partial charge in [0.05, 0.1) is 11.8 Å².